The number of nitrogens with zero attached hydrogens (tertiary/aromatic N) is 2. The maximum atomic E-state index is 12.6. The van der Waals surface area contributed by atoms with Crippen molar-refractivity contribution in [3.8, 4) is 0 Å². The maximum Gasteiger partial charge on any atom is 0.243 e. The SMILES string of the molecule is CN1CCN(S(=O)(=O)c2ccc(Br)cc2)C(CO)C1. The minimum atomic E-state index is -3.54. The largest absolute Gasteiger partial charge is 0.395 e. The quantitative estimate of drug-likeness (QED) is 0.875. The molecule has 19 heavy (non-hydrogen) atoms. The first-order chi connectivity index (χ1) is 8.95. The third kappa shape index (κ3) is 3.17. The van der Waals surface area contributed by atoms with Crippen molar-refractivity contribution in [2.45, 2.75) is 10.9 Å². The summed E-state index contributed by atoms with van der Waals surface area (Å²) in [6, 6.07) is 6.18. The summed E-state index contributed by atoms with van der Waals surface area (Å²) >= 11 is 3.29. The Morgan fingerprint density at radius 3 is 2.53 bits per heavy atom. The lowest BCUT2D eigenvalue weighted by atomic mass is 10.2. The third-order valence-electron chi connectivity index (χ3n) is 3.26. The van der Waals surface area contributed by atoms with Gasteiger partial charge < -0.3 is 10.0 Å². The molecule has 1 fully saturated rings. The molecule has 1 atom stereocenters. The van der Waals surface area contributed by atoms with Crippen LogP contribution in [0.2, 0.25) is 0 Å². The van der Waals surface area contributed by atoms with Crippen LogP contribution < -0.4 is 0 Å². The van der Waals surface area contributed by atoms with E-state index >= 15 is 0 Å². The van der Waals surface area contributed by atoms with E-state index in [0.717, 1.165) is 4.47 Å². The van der Waals surface area contributed by atoms with Crippen LogP contribution in [0.1, 0.15) is 0 Å². The van der Waals surface area contributed by atoms with Gasteiger partial charge in [-0.2, -0.15) is 4.31 Å². The molecule has 0 radical (unpaired) electrons. The Bertz CT molecular complexity index is 532. The normalized spacial score (nSPS) is 22.6. The van der Waals surface area contributed by atoms with E-state index in [1.807, 2.05) is 11.9 Å². The highest BCUT2D eigenvalue weighted by Crippen LogP contribution is 2.22. The fourth-order valence-electron chi connectivity index (χ4n) is 2.20. The summed E-state index contributed by atoms with van der Waals surface area (Å²) in [6.45, 7) is 1.46. The summed E-state index contributed by atoms with van der Waals surface area (Å²) < 4.78 is 27.3. The van der Waals surface area contributed by atoms with E-state index < -0.39 is 10.0 Å². The summed E-state index contributed by atoms with van der Waals surface area (Å²) in [7, 11) is -1.61. The molecule has 0 amide bonds. The summed E-state index contributed by atoms with van der Waals surface area (Å²) in [4.78, 5) is 2.28. The van der Waals surface area contributed by atoms with Crippen LogP contribution in [0.4, 0.5) is 0 Å². The molecule has 1 aliphatic heterocycles. The van der Waals surface area contributed by atoms with Gasteiger partial charge in [-0.3, -0.25) is 0 Å². The molecule has 106 valence electrons. The molecule has 1 N–H and O–H groups in total. The van der Waals surface area contributed by atoms with Gasteiger partial charge in [0, 0.05) is 24.1 Å². The van der Waals surface area contributed by atoms with Gasteiger partial charge in [0.2, 0.25) is 10.0 Å². The number of aliphatic hydroxyl groups excluding tert-OH is 1. The van der Waals surface area contributed by atoms with Crippen molar-refractivity contribution in [2.24, 2.45) is 0 Å². The van der Waals surface area contributed by atoms with Crippen LogP contribution >= 0.6 is 15.9 Å². The fraction of sp³-hybridized carbons (Fsp3) is 0.500. The molecular weight excluding hydrogens is 332 g/mol. The predicted molar refractivity (Wildman–Crippen MR) is 76.4 cm³/mol. The predicted octanol–water partition coefficient (Wildman–Crippen LogP) is 0.746. The lowest BCUT2D eigenvalue weighted by molar-refractivity contribution is 0.107. The highest BCUT2D eigenvalue weighted by Gasteiger charge is 2.34. The van der Waals surface area contributed by atoms with Crippen LogP contribution in [-0.4, -0.2) is 62.1 Å². The lowest BCUT2D eigenvalue weighted by Crippen LogP contribution is -2.55. The first kappa shape index (κ1) is 14.9. The van der Waals surface area contributed by atoms with Crippen molar-refractivity contribution in [1.29, 1.82) is 0 Å². The second-order valence-corrected chi connectivity index (χ2v) is 7.47. The van der Waals surface area contributed by atoms with Crippen LogP contribution in [0.5, 0.6) is 0 Å². The number of piperazine rings is 1. The Morgan fingerprint density at radius 2 is 1.95 bits per heavy atom. The second kappa shape index (κ2) is 5.88. The van der Waals surface area contributed by atoms with Crippen LogP contribution in [0.25, 0.3) is 0 Å². The molecule has 7 heteroatoms. The second-order valence-electron chi connectivity index (χ2n) is 4.67. The topological polar surface area (TPSA) is 60.9 Å². The van der Waals surface area contributed by atoms with E-state index in [0.29, 0.717) is 19.6 Å². The third-order valence-corrected chi connectivity index (χ3v) is 5.76. The Labute approximate surface area is 122 Å². The molecule has 0 aliphatic carbocycles. The van der Waals surface area contributed by atoms with Crippen molar-refractivity contribution in [3.63, 3.8) is 0 Å². The molecule has 0 bridgehead atoms. The molecule has 0 saturated carbocycles. The van der Waals surface area contributed by atoms with E-state index in [9.17, 15) is 13.5 Å². The van der Waals surface area contributed by atoms with Gasteiger partial charge in [0.05, 0.1) is 17.5 Å². The molecule has 0 spiro atoms. The number of rotatable bonds is 3. The van der Waals surface area contributed by atoms with E-state index in [1.54, 1.807) is 24.3 Å². The number of sulfonamides is 1. The van der Waals surface area contributed by atoms with Gasteiger partial charge in [0.15, 0.2) is 0 Å². The Balaban J connectivity index is 2.30. The number of hydrogen-bond donors (Lipinski definition) is 1. The zero-order valence-electron chi connectivity index (χ0n) is 10.7. The minimum absolute atomic E-state index is 0.167. The molecule has 1 heterocycles. The van der Waals surface area contributed by atoms with Gasteiger partial charge in [-0.05, 0) is 31.3 Å². The monoisotopic (exact) mass is 348 g/mol. The molecule has 1 unspecified atom stereocenters. The molecule has 1 saturated heterocycles. The molecule has 1 aliphatic rings. The molecule has 1 aromatic carbocycles. The van der Waals surface area contributed by atoms with Crippen LogP contribution in [0.3, 0.4) is 0 Å². The Morgan fingerprint density at radius 1 is 1.32 bits per heavy atom. The summed E-state index contributed by atoms with van der Waals surface area (Å²) in [5.74, 6) is 0. The lowest BCUT2D eigenvalue weighted by Gasteiger charge is -2.38. The fourth-order valence-corrected chi connectivity index (χ4v) is 4.06. The molecule has 2 rings (SSSR count). The van der Waals surface area contributed by atoms with Crippen molar-refractivity contribution in [2.75, 3.05) is 33.3 Å². The van der Waals surface area contributed by atoms with Crippen LogP contribution in [0.15, 0.2) is 33.6 Å². The summed E-state index contributed by atoms with van der Waals surface area (Å²) in [5.41, 5.74) is 0. The van der Waals surface area contributed by atoms with Crippen molar-refractivity contribution in [1.82, 2.24) is 9.21 Å². The van der Waals surface area contributed by atoms with Gasteiger partial charge in [0.1, 0.15) is 0 Å². The smallest absolute Gasteiger partial charge is 0.243 e. The highest BCUT2D eigenvalue weighted by molar-refractivity contribution is 9.10. The average molecular weight is 349 g/mol. The minimum Gasteiger partial charge on any atom is -0.395 e. The number of hydrogen-bond acceptors (Lipinski definition) is 4. The first-order valence-electron chi connectivity index (χ1n) is 6.02. The van der Waals surface area contributed by atoms with E-state index in [4.69, 9.17) is 0 Å². The van der Waals surface area contributed by atoms with Crippen molar-refractivity contribution >= 4 is 26.0 Å². The highest BCUT2D eigenvalue weighted by atomic mass is 79.9. The van der Waals surface area contributed by atoms with Crippen LogP contribution in [0, 0.1) is 0 Å². The van der Waals surface area contributed by atoms with Crippen molar-refractivity contribution < 1.29 is 13.5 Å². The first-order valence-corrected chi connectivity index (χ1v) is 8.25. The van der Waals surface area contributed by atoms with Gasteiger partial charge in [0.25, 0.3) is 0 Å². The Kier molecular flexibility index (Phi) is 4.62. The van der Waals surface area contributed by atoms with Gasteiger partial charge >= 0.3 is 0 Å². The van der Waals surface area contributed by atoms with Gasteiger partial charge in [-0.15, -0.1) is 0 Å². The number of aliphatic hydroxyl groups is 1. The van der Waals surface area contributed by atoms with E-state index in [-0.39, 0.29) is 17.5 Å². The van der Waals surface area contributed by atoms with Crippen molar-refractivity contribution in [3.05, 3.63) is 28.7 Å². The average Bonchev–Trinajstić information content (AvgIpc) is 2.38. The number of benzene rings is 1. The number of halogens is 1. The van der Waals surface area contributed by atoms with E-state index in [1.165, 1.54) is 4.31 Å². The summed E-state index contributed by atoms with van der Waals surface area (Å²) in [5, 5.41) is 9.39. The Hall–Kier alpha value is -0.470. The molecule has 1 aromatic rings. The molecule has 5 nitrogen and oxygen atoms in total. The molecular formula is C12H17BrN2O3S. The van der Waals surface area contributed by atoms with Gasteiger partial charge in [-0.1, -0.05) is 15.9 Å². The molecule has 0 aromatic heterocycles. The maximum absolute atomic E-state index is 12.6. The zero-order valence-corrected chi connectivity index (χ0v) is 13.1. The zero-order chi connectivity index (χ0) is 14.0. The van der Waals surface area contributed by atoms with E-state index in [2.05, 4.69) is 15.9 Å². The van der Waals surface area contributed by atoms with Crippen LogP contribution in [-0.2, 0) is 10.0 Å². The number of likely N-dealkylation sites (N-methyl/N-ethyl adjacent to an activating group) is 1. The standard InChI is InChI=1S/C12H17BrN2O3S/c1-14-6-7-15(11(8-14)9-16)19(17,18)12-4-2-10(13)3-5-12/h2-5,11,16H,6-9H2,1H3. The van der Waals surface area contributed by atoms with Gasteiger partial charge in [-0.25, -0.2) is 8.42 Å². The summed E-state index contributed by atoms with van der Waals surface area (Å²) in [6.07, 6.45) is 0.